The molecule has 0 bridgehead atoms. The molecule has 0 unspecified atom stereocenters. The number of nitrogens with one attached hydrogen (secondary N) is 1. The van der Waals surface area contributed by atoms with Crippen molar-refractivity contribution in [2.75, 3.05) is 54.7 Å². The van der Waals surface area contributed by atoms with Crippen LogP contribution in [0.1, 0.15) is 36.9 Å². The topological polar surface area (TPSA) is 102 Å². The lowest BCUT2D eigenvalue weighted by Gasteiger charge is -2.27. The molecule has 0 aliphatic carbocycles. The minimum absolute atomic E-state index is 0.137. The van der Waals surface area contributed by atoms with Crippen molar-refractivity contribution in [3.05, 3.63) is 53.6 Å². The monoisotopic (exact) mass is 512 g/mol. The summed E-state index contributed by atoms with van der Waals surface area (Å²) in [6, 6.07) is 12.4. The van der Waals surface area contributed by atoms with Gasteiger partial charge in [-0.05, 0) is 36.2 Å². The van der Waals surface area contributed by atoms with E-state index in [-0.39, 0.29) is 31.1 Å². The molecule has 2 aromatic rings. The van der Waals surface area contributed by atoms with Crippen LogP contribution in [-0.4, -0.2) is 82.2 Å². The van der Waals surface area contributed by atoms with Gasteiger partial charge >= 0.3 is 6.03 Å². The van der Waals surface area contributed by atoms with E-state index in [0.717, 1.165) is 23.3 Å². The molecular formula is C27H36N4O6. The second-order valence-electron chi connectivity index (χ2n) is 8.49. The number of amides is 3. The SMILES string of the molecule is CCCNC(=O)N(CCOC)CC(=O)N1N=C(c2ccc(OC)cc2OC)C[C@@H]1c1ccc(OC)cc1. The summed E-state index contributed by atoms with van der Waals surface area (Å²) < 4.78 is 21.4. The van der Waals surface area contributed by atoms with Crippen LogP contribution in [0.25, 0.3) is 0 Å². The second-order valence-corrected chi connectivity index (χ2v) is 8.49. The predicted octanol–water partition coefficient (Wildman–Crippen LogP) is 3.46. The smallest absolute Gasteiger partial charge is 0.317 e. The fraction of sp³-hybridized carbons (Fsp3) is 0.444. The molecule has 0 saturated heterocycles. The third kappa shape index (κ3) is 6.91. The molecule has 0 radical (unpaired) electrons. The number of urea groups is 1. The number of ether oxygens (including phenoxy) is 4. The van der Waals surface area contributed by atoms with E-state index in [1.807, 2.05) is 43.3 Å². The van der Waals surface area contributed by atoms with Gasteiger partial charge < -0.3 is 29.2 Å². The van der Waals surface area contributed by atoms with Crippen LogP contribution in [0.5, 0.6) is 17.2 Å². The van der Waals surface area contributed by atoms with E-state index >= 15 is 0 Å². The predicted molar refractivity (Wildman–Crippen MR) is 140 cm³/mol. The van der Waals surface area contributed by atoms with E-state index < -0.39 is 0 Å². The summed E-state index contributed by atoms with van der Waals surface area (Å²) in [4.78, 5) is 27.8. The standard InChI is InChI=1S/C27H36N4O6/c1-6-13-28-27(33)30(14-15-34-2)18-26(32)31-24(19-7-9-20(35-3)10-8-19)17-23(29-31)22-12-11-21(36-4)16-25(22)37-5/h7-12,16,24H,6,13-15,17-18H2,1-5H3,(H,28,33)/t24-/m1/s1. The van der Waals surface area contributed by atoms with E-state index in [1.54, 1.807) is 34.5 Å². The average Bonchev–Trinajstić information content (AvgIpc) is 3.38. The lowest BCUT2D eigenvalue weighted by molar-refractivity contribution is -0.133. The van der Waals surface area contributed by atoms with Gasteiger partial charge in [0.05, 0.1) is 39.7 Å². The Morgan fingerprint density at radius 2 is 1.73 bits per heavy atom. The zero-order valence-electron chi connectivity index (χ0n) is 22.2. The first-order chi connectivity index (χ1) is 17.9. The van der Waals surface area contributed by atoms with Crippen LogP contribution >= 0.6 is 0 Å². The highest BCUT2D eigenvalue weighted by Gasteiger charge is 2.35. The van der Waals surface area contributed by atoms with Gasteiger partial charge in [0.1, 0.15) is 23.8 Å². The van der Waals surface area contributed by atoms with Crippen molar-refractivity contribution in [1.29, 1.82) is 0 Å². The number of carbonyl (C=O) groups excluding carboxylic acids is 2. The third-order valence-electron chi connectivity index (χ3n) is 6.09. The Balaban J connectivity index is 1.94. The normalized spacial score (nSPS) is 14.7. The molecule has 3 amide bonds. The Morgan fingerprint density at radius 3 is 2.35 bits per heavy atom. The molecule has 3 rings (SSSR count). The van der Waals surface area contributed by atoms with Crippen molar-refractivity contribution in [2.24, 2.45) is 5.10 Å². The van der Waals surface area contributed by atoms with Gasteiger partial charge in [-0.2, -0.15) is 5.10 Å². The van der Waals surface area contributed by atoms with Gasteiger partial charge in [0.15, 0.2) is 0 Å². The van der Waals surface area contributed by atoms with Crippen LogP contribution in [0.4, 0.5) is 4.79 Å². The zero-order valence-corrected chi connectivity index (χ0v) is 22.2. The lowest BCUT2D eigenvalue weighted by Crippen LogP contribution is -2.47. The van der Waals surface area contributed by atoms with Crippen LogP contribution in [0.15, 0.2) is 47.6 Å². The van der Waals surface area contributed by atoms with Crippen molar-refractivity contribution in [1.82, 2.24) is 15.2 Å². The summed E-state index contributed by atoms with van der Waals surface area (Å²) >= 11 is 0. The number of rotatable bonds is 12. The Labute approximate surface area is 218 Å². The molecule has 10 nitrogen and oxygen atoms in total. The number of hydrogen-bond donors (Lipinski definition) is 1. The van der Waals surface area contributed by atoms with Gasteiger partial charge in [-0.25, -0.2) is 9.80 Å². The van der Waals surface area contributed by atoms with Crippen molar-refractivity contribution < 1.29 is 28.5 Å². The summed E-state index contributed by atoms with van der Waals surface area (Å²) in [6.45, 7) is 2.95. The van der Waals surface area contributed by atoms with Crippen molar-refractivity contribution in [3.8, 4) is 17.2 Å². The summed E-state index contributed by atoms with van der Waals surface area (Å²) in [5, 5.41) is 9.04. The first-order valence-electron chi connectivity index (χ1n) is 12.2. The summed E-state index contributed by atoms with van der Waals surface area (Å²) in [7, 11) is 6.34. The molecule has 1 atom stereocenters. The van der Waals surface area contributed by atoms with E-state index in [2.05, 4.69) is 5.32 Å². The van der Waals surface area contributed by atoms with Crippen molar-refractivity contribution in [3.63, 3.8) is 0 Å². The van der Waals surface area contributed by atoms with Gasteiger partial charge in [-0.1, -0.05) is 19.1 Å². The van der Waals surface area contributed by atoms with Crippen LogP contribution in [-0.2, 0) is 9.53 Å². The Kier molecular flexibility index (Phi) is 10.1. The largest absolute Gasteiger partial charge is 0.497 e. The van der Waals surface area contributed by atoms with Gasteiger partial charge in [0.25, 0.3) is 5.91 Å². The number of hydrazone groups is 1. The second kappa shape index (κ2) is 13.5. The number of hydrogen-bond acceptors (Lipinski definition) is 7. The van der Waals surface area contributed by atoms with Gasteiger partial charge in [0, 0.05) is 38.2 Å². The molecule has 10 heteroatoms. The maximum absolute atomic E-state index is 13.6. The average molecular weight is 513 g/mol. The number of methoxy groups -OCH3 is 4. The minimum Gasteiger partial charge on any atom is -0.497 e. The van der Waals surface area contributed by atoms with Gasteiger partial charge in [-0.3, -0.25) is 4.79 Å². The van der Waals surface area contributed by atoms with E-state index in [1.165, 1.54) is 9.91 Å². The van der Waals surface area contributed by atoms with E-state index in [4.69, 9.17) is 24.0 Å². The number of nitrogens with zero attached hydrogens (tertiary/aromatic N) is 3. The Bertz CT molecular complexity index is 1090. The van der Waals surface area contributed by atoms with Crippen LogP contribution in [0.2, 0.25) is 0 Å². The molecule has 200 valence electrons. The van der Waals surface area contributed by atoms with Gasteiger partial charge in [-0.15, -0.1) is 0 Å². The Morgan fingerprint density at radius 1 is 1.03 bits per heavy atom. The maximum atomic E-state index is 13.6. The summed E-state index contributed by atoms with van der Waals surface area (Å²) in [6.07, 6.45) is 1.27. The molecule has 1 aliphatic heterocycles. The molecule has 0 aromatic heterocycles. The fourth-order valence-electron chi connectivity index (χ4n) is 4.06. The molecule has 37 heavy (non-hydrogen) atoms. The molecule has 1 heterocycles. The zero-order chi connectivity index (χ0) is 26.8. The fourth-order valence-corrected chi connectivity index (χ4v) is 4.06. The van der Waals surface area contributed by atoms with Crippen molar-refractivity contribution in [2.45, 2.75) is 25.8 Å². The van der Waals surface area contributed by atoms with Crippen LogP contribution in [0, 0.1) is 0 Å². The Hall–Kier alpha value is -3.79. The van der Waals surface area contributed by atoms with Gasteiger partial charge in [0.2, 0.25) is 0 Å². The van der Waals surface area contributed by atoms with Crippen LogP contribution < -0.4 is 19.5 Å². The highest BCUT2D eigenvalue weighted by atomic mass is 16.5. The molecule has 0 spiro atoms. The van der Waals surface area contributed by atoms with E-state index in [9.17, 15) is 9.59 Å². The molecule has 0 fully saturated rings. The first-order valence-corrected chi connectivity index (χ1v) is 12.2. The molecule has 1 aliphatic rings. The highest BCUT2D eigenvalue weighted by molar-refractivity contribution is 6.05. The highest BCUT2D eigenvalue weighted by Crippen LogP contribution is 2.36. The maximum Gasteiger partial charge on any atom is 0.317 e. The summed E-state index contributed by atoms with van der Waals surface area (Å²) in [5.74, 6) is 1.68. The third-order valence-corrected chi connectivity index (χ3v) is 6.09. The molecule has 2 aromatic carbocycles. The quantitative estimate of drug-likeness (QED) is 0.467. The first kappa shape index (κ1) is 27.8. The molecule has 0 saturated carbocycles. The molecule has 1 N–H and O–H groups in total. The summed E-state index contributed by atoms with van der Waals surface area (Å²) in [5.41, 5.74) is 2.38. The van der Waals surface area contributed by atoms with Crippen LogP contribution in [0.3, 0.4) is 0 Å². The lowest BCUT2D eigenvalue weighted by atomic mass is 9.97. The molecular weight excluding hydrogens is 476 g/mol. The number of carbonyl (C=O) groups is 2. The van der Waals surface area contributed by atoms with Crippen molar-refractivity contribution >= 4 is 17.6 Å². The number of benzene rings is 2. The minimum atomic E-state index is -0.358. The van der Waals surface area contributed by atoms with E-state index in [0.29, 0.717) is 36.8 Å².